The maximum atomic E-state index is 9.59. The molecule has 0 radical (unpaired) electrons. The van der Waals surface area contributed by atoms with Gasteiger partial charge in [0.1, 0.15) is 0 Å². The van der Waals surface area contributed by atoms with E-state index >= 15 is 0 Å². The van der Waals surface area contributed by atoms with Crippen molar-refractivity contribution in [3.8, 4) is 11.5 Å². The molecule has 0 amide bonds. The van der Waals surface area contributed by atoms with Crippen LogP contribution in [0.1, 0.15) is 27.2 Å². The van der Waals surface area contributed by atoms with E-state index in [0.29, 0.717) is 12.4 Å². The minimum absolute atomic E-state index is 0.238. The molecule has 0 bridgehead atoms. The molecule has 0 heterocycles. The number of hydrogen-bond acceptors (Lipinski definition) is 2. The summed E-state index contributed by atoms with van der Waals surface area (Å²) in [6.45, 7) is 7.72. The van der Waals surface area contributed by atoms with Crippen molar-refractivity contribution < 1.29 is 9.84 Å². The van der Waals surface area contributed by atoms with E-state index < -0.39 is 8.07 Å². The first-order valence-electron chi connectivity index (χ1n) is 7.08. The Kier molecular flexibility index (Phi) is 6.26. The van der Waals surface area contributed by atoms with Gasteiger partial charge in [-0.25, -0.2) is 0 Å². The molecule has 0 aliphatic rings. The Morgan fingerprint density at radius 3 is 2.22 bits per heavy atom. The fourth-order valence-corrected chi connectivity index (χ4v) is 5.94. The van der Waals surface area contributed by atoms with Gasteiger partial charge in [-0.05, 0) is 18.6 Å². The van der Waals surface area contributed by atoms with E-state index in [1.165, 1.54) is 24.2 Å². The average Bonchev–Trinajstić information content (AvgIpc) is 2.42. The highest BCUT2D eigenvalue weighted by atomic mass is 28.3. The first-order valence-corrected chi connectivity index (χ1v) is 9.91. The van der Waals surface area contributed by atoms with Gasteiger partial charge in [0, 0.05) is 0 Å². The Hall–Kier alpha value is -0.963. The van der Waals surface area contributed by atoms with Gasteiger partial charge in [0.2, 0.25) is 0 Å². The molecule has 1 rings (SSSR count). The Morgan fingerprint density at radius 2 is 1.67 bits per heavy atom. The first kappa shape index (κ1) is 15.1. The maximum Gasteiger partial charge on any atom is 0.160 e. The molecule has 0 atom stereocenters. The van der Waals surface area contributed by atoms with Gasteiger partial charge in [-0.1, -0.05) is 57.1 Å². The third-order valence-corrected chi connectivity index (χ3v) is 10.1. The van der Waals surface area contributed by atoms with Crippen molar-refractivity contribution in [1.29, 1.82) is 0 Å². The van der Waals surface area contributed by atoms with E-state index in [9.17, 15) is 5.11 Å². The summed E-state index contributed by atoms with van der Waals surface area (Å²) in [6, 6.07) is 12.6. The third-order valence-electron chi connectivity index (χ3n) is 4.22. The van der Waals surface area contributed by atoms with Crippen LogP contribution >= 0.6 is 0 Å². The second-order valence-corrected chi connectivity index (χ2v) is 10.6. The van der Waals surface area contributed by atoms with Crippen molar-refractivity contribution in [2.24, 2.45) is 0 Å². The summed E-state index contributed by atoms with van der Waals surface area (Å²) in [6.07, 6.45) is 1.11. The van der Waals surface area contributed by atoms with Crippen molar-refractivity contribution in [3.05, 3.63) is 24.3 Å². The standard InChI is InChI=1S/C15H26O2Si/c1-4-18(5-2,6-3)13-9-12-17-15-11-8-7-10-14(15)16/h7-8,10-11,16H,4-6,9,12-13H2,1-3H3. The molecule has 0 saturated carbocycles. The maximum absolute atomic E-state index is 9.59. The molecule has 102 valence electrons. The quantitative estimate of drug-likeness (QED) is 0.547. The molecule has 0 aliphatic heterocycles. The molecule has 3 heteroatoms. The van der Waals surface area contributed by atoms with Crippen LogP contribution in [0.5, 0.6) is 11.5 Å². The van der Waals surface area contributed by atoms with Crippen LogP contribution in [0.25, 0.3) is 0 Å². The van der Waals surface area contributed by atoms with Crippen molar-refractivity contribution in [2.45, 2.75) is 51.4 Å². The topological polar surface area (TPSA) is 29.5 Å². The van der Waals surface area contributed by atoms with Crippen LogP contribution in [0.15, 0.2) is 24.3 Å². The zero-order chi connectivity index (χ0) is 13.4. The molecule has 1 aromatic carbocycles. The van der Waals surface area contributed by atoms with Gasteiger partial charge in [-0.2, -0.15) is 0 Å². The van der Waals surface area contributed by atoms with Crippen molar-refractivity contribution in [1.82, 2.24) is 0 Å². The minimum Gasteiger partial charge on any atom is -0.504 e. The highest BCUT2D eigenvalue weighted by Crippen LogP contribution is 2.28. The number of benzene rings is 1. The molecule has 2 nitrogen and oxygen atoms in total. The zero-order valence-electron chi connectivity index (χ0n) is 11.9. The van der Waals surface area contributed by atoms with Crippen LogP contribution in [0.4, 0.5) is 0 Å². The Labute approximate surface area is 112 Å². The average molecular weight is 266 g/mol. The lowest BCUT2D eigenvalue weighted by Gasteiger charge is -2.27. The minimum atomic E-state index is -1.01. The molecule has 0 aromatic heterocycles. The summed E-state index contributed by atoms with van der Waals surface area (Å²) in [5, 5.41) is 9.59. The van der Waals surface area contributed by atoms with Crippen LogP contribution in [0.3, 0.4) is 0 Å². The normalized spacial score (nSPS) is 11.5. The molecule has 0 spiro atoms. The molecular weight excluding hydrogens is 240 g/mol. The van der Waals surface area contributed by atoms with E-state index in [1.807, 2.05) is 18.2 Å². The third kappa shape index (κ3) is 4.05. The van der Waals surface area contributed by atoms with Gasteiger partial charge < -0.3 is 9.84 Å². The molecule has 0 saturated heterocycles. The molecule has 0 unspecified atom stereocenters. The first-order chi connectivity index (χ1) is 8.67. The lowest BCUT2D eigenvalue weighted by molar-refractivity contribution is 0.299. The van der Waals surface area contributed by atoms with Crippen LogP contribution in [-0.4, -0.2) is 19.8 Å². The van der Waals surface area contributed by atoms with Gasteiger partial charge >= 0.3 is 0 Å². The Morgan fingerprint density at radius 1 is 1.06 bits per heavy atom. The summed E-state index contributed by atoms with van der Waals surface area (Å²) in [5.41, 5.74) is 0. The predicted molar refractivity (Wildman–Crippen MR) is 80.2 cm³/mol. The summed E-state index contributed by atoms with van der Waals surface area (Å²) >= 11 is 0. The summed E-state index contributed by atoms with van der Waals surface area (Å²) in [4.78, 5) is 0. The second kappa shape index (κ2) is 7.47. The SMILES string of the molecule is CC[Si](CC)(CC)CCCOc1ccccc1O. The van der Waals surface area contributed by atoms with Crippen LogP contribution < -0.4 is 4.74 Å². The largest absolute Gasteiger partial charge is 0.504 e. The van der Waals surface area contributed by atoms with E-state index in [4.69, 9.17) is 4.74 Å². The van der Waals surface area contributed by atoms with E-state index in [0.717, 1.165) is 6.42 Å². The molecule has 1 aromatic rings. The highest BCUT2D eigenvalue weighted by Gasteiger charge is 2.25. The lowest BCUT2D eigenvalue weighted by atomic mass is 10.3. The van der Waals surface area contributed by atoms with Gasteiger partial charge in [-0.15, -0.1) is 0 Å². The fraction of sp³-hybridized carbons (Fsp3) is 0.600. The van der Waals surface area contributed by atoms with Crippen molar-refractivity contribution >= 4 is 8.07 Å². The zero-order valence-corrected chi connectivity index (χ0v) is 12.9. The summed E-state index contributed by atoms with van der Waals surface area (Å²) in [5.74, 6) is 0.844. The number of ether oxygens (including phenoxy) is 1. The van der Waals surface area contributed by atoms with Gasteiger partial charge in [0.25, 0.3) is 0 Å². The van der Waals surface area contributed by atoms with E-state index in [1.54, 1.807) is 6.07 Å². The number of para-hydroxylation sites is 2. The van der Waals surface area contributed by atoms with Crippen LogP contribution in [0.2, 0.25) is 24.2 Å². The number of phenolic OH excluding ortho intramolecular Hbond substituents is 1. The summed E-state index contributed by atoms with van der Waals surface area (Å²) in [7, 11) is -1.01. The molecule has 1 N–H and O–H groups in total. The number of rotatable bonds is 8. The molecule has 18 heavy (non-hydrogen) atoms. The van der Waals surface area contributed by atoms with Crippen molar-refractivity contribution in [3.63, 3.8) is 0 Å². The van der Waals surface area contributed by atoms with E-state index in [2.05, 4.69) is 20.8 Å². The monoisotopic (exact) mass is 266 g/mol. The summed E-state index contributed by atoms with van der Waals surface area (Å²) < 4.78 is 5.64. The van der Waals surface area contributed by atoms with Gasteiger partial charge in [0.15, 0.2) is 11.5 Å². The fourth-order valence-electron chi connectivity index (χ4n) is 2.49. The molecular formula is C15H26O2Si. The predicted octanol–water partition coefficient (Wildman–Crippen LogP) is 4.67. The molecule has 0 fully saturated rings. The van der Waals surface area contributed by atoms with Gasteiger partial charge in [0.05, 0.1) is 14.7 Å². The van der Waals surface area contributed by atoms with E-state index in [-0.39, 0.29) is 5.75 Å². The number of hydrogen-bond donors (Lipinski definition) is 1. The van der Waals surface area contributed by atoms with Gasteiger partial charge in [-0.3, -0.25) is 0 Å². The smallest absolute Gasteiger partial charge is 0.160 e. The van der Waals surface area contributed by atoms with Crippen LogP contribution in [0, 0.1) is 0 Å². The molecule has 0 aliphatic carbocycles. The second-order valence-electron chi connectivity index (χ2n) is 4.98. The highest BCUT2D eigenvalue weighted by molar-refractivity contribution is 6.79. The van der Waals surface area contributed by atoms with Crippen molar-refractivity contribution in [2.75, 3.05) is 6.61 Å². The Balaban J connectivity index is 2.37. The number of aromatic hydroxyl groups is 1. The Bertz CT molecular complexity index is 340. The van der Waals surface area contributed by atoms with Crippen LogP contribution in [-0.2, 0) is 0 Å². The number of phenols is 1. The lowest BCUT2D eigenvalue weighted by Crippen LogP contribution is -2.31.